The topological polar surface area (TPSA) is 72.1 Å². The molecule has 0 bridgehead atoms. The molecule has 2 aromatic rings. The number of rotatable bonds is 3. The van der Waals surface area contributed by atoms with Crippen molar-refractivity contribution < 1.29 is 4.79 Å². The van der Waals surface area contributed by atoms with Crippen LogP contribution in [-0.2, 0) is 19.3 Å². The first-order chi connectivity index (χ1) is 12.7. The van der Waals surface area contributed by atoms with Crippen molar-refractivity contribution in [1.82, 2.24) is 14.9 Å². The lowest BCUT2D eigenvalue weighted by atomic mass is 9.89. The van der Waals surface area contributed by atoms with Crippen molar-refractivity contribution >= 4 is 11.7 Å². The lowest BCUT2D eigenvalue weighted by Gasteiger charge is -2.33. The summed E-state index contributed by atoms with van der Waals surface area (Å²) in [5, 5.41) is 0. The largest absolute Gasteiger partial charge is 0.382 e. The lowest BCUT2D eigenvalue weighted by Crippen LogP contribution is -2.40. The highest BCUT2D eigenvalue weighted by Gasteiger charge is 2.26. The van der Waals surface area contributed by atoms with Crippen LogP contribution in [0.15, 0.2) is 30.6 Å². The first-order valence-electron chi connectivity index (χ1n) is 9.67. The number of aryl methyl sites for hydroxylation is 2. The van der Waals surface area contributed by atoms with E-state index < -0.39 is 0 Å². The van der Waals surface area contributed by atoms with Crippen LogP contribution in [0.2, 0.25) is 0 Å². The summed E-state index contributed by atoms with van der Waals surface area (Å²) in [6.07, 6.45) is 11.0. The standard InChI is InChI=1S/C21H26N4O/c22-20-19(23-9-10-24-20)12-15-4-3-11-25(14-15)21(26)18-8-7-16-5-1-2-6-17(16)13-18/h7-10,13,15H,1-6,11-12,14H2,(H2,22,24). The van der Waals surface area contributed by atoms with Gasteiger partial charge in [-0.15, -0.1) is 0 Å². The van der Waals surface area contributed by atoms with Crippen molar-refractivity contribution in [3.63, 3.8) is 0 Å². The Kier molecular flexibility index (Phi) is 4.87. The molecule has 1 atom stereocenters. The molecule has 0 saturated carbocycles. The van der Waals surface area contributed by atoms with Crippen LogP contribution >= 0.6 is 0 Å². The number of hydrogen-bond acceptors (Lipinski definition) is 4. The minimum Gasteiger partial charge on any atom is -0.382 e. The molecule has 1 aromatic carbocycles. The van der Waals surface area contributed by atoms with Gasteiger partial charge in [0.15, 0.2) is 0 Å². The third-order valence-electron chi connectivity index (χ3n) is 5.69. The summed E-state index contributed by atoms with van der Waals surface area (Å²) < 4.78 is 0. The van der Waals surface area contributed by atoms with E-state index in [2.05, 4.69) is 22.1 Å². The zero-order valence-electron chi connectivity index (χ0n) is 15.2. The van der Waals surface area contributed by atoms with Crippen molar-refractivity contribution in [3.05, 3.63) is 53.0 Å². The highest BCUT2D eigenvalue weighted by Crippen LogP contribution is 2.25. The molecular formula is C21H26N4O. The molecule has 2 N–H and O–H groups in total. The summed E-state index contributed by atoms with van der Waals surface area (Å²) >= 11 is 0. The van der Waals surface area contributed by atoms with Crippen LogP contribution in [-0.4, -0.2) is 33.9 Å². The monoisotopic (exact) mass is 350 g/mol. The first-order valence-corrected chi connectivity index (χ1v) is 9.67. The Morgan fingerprint density at radius 1 is 1.12 bits per heavy atom. The molecule has 4 rings (SSSR count). The van der Waals surface area contributed by atoms with Gasteiger partial charge in [-0.25, -0.2) is 4.98 Å². The minimum absolute atomic E-state index is 0.162. The predicted octanol–water partition coefficient (Wildman–Crippen LogP) is 3.03. The van der Waals surface area contributed by atoms with Crippen LogP contribution in [0.5, 0.6) is 0 Å². The van der Waals surface area contributed by atoms with E-state index in [0.717, 1.165) is 56.5 Å². The number of nitrogen functional groups attached to an aromatic ring is 1. The Labute approximate surface area is 154 Å². The molecule has 2 heterocycles. The highest BCUT2D eigenvalue weighted by atomic mass is 16.2. The average Bonchev–Trinajstić information content (AvgIpc) is 2.69. The van der Waals surface area contributed by atoms with Crippen molar-refractivity contribution in [1.29, 1.82) is 0 Å². The van der Waals surface area contributed by atoms with Gasteiger partial charge < -0.3 is 10.6 Å². The van der Waals surface area contributed by atoms with E-state index in [1.807, 2.05) is 11.0 Å². The van der Waals surface area contributed by atoms with Gasteiger partial charge in [0.05, 0.1) is 5.69 Å². The second-order valence-electron chi connectivity index (χ2n) is 7.54. The van der Waals surface area contributed by atoms with E-state index in [0.29, 0.717) is 11.7 Å². The number of carbonyl (C=O) groups excluding carboxylic acids is 1. The number of amides is 1. The van der Waals surface area contributed by atoms with Gasteiger partial charge in [-0.2, -0.15) is 0 Å². The molecule has 1 amide bonds. The fourth-order valence-corrected chi connectivity index (χ4v) is 4.27. The Balaban J connectivity index is 1.45. The van der Waals surface area contributed by atoms with Crippen LogP contribution in [0.25, 0.3) is 0 Å². The van der Waals surface area contributed by atoms with Crippen molar-refractivity contribution in [2.24, 2.45) is 5.92 Å². The quantitative estimate of drug-likeness (QED) is 0.923. The number of aromatic nitrogens is 2. The molecule has 1 aliphatic carbocycles. The number of fused-ring (bicyclic) bond motifs is 1. The molecule has 0 radical (unpaired) electrons. The van der Waals surface area contributed by atoms with E-state index in [-0.39, 0.29) is 5.91 Å². The molecule has 1 unspecified atom stereocenters. The SMILES string of the molecule is Nc1nccnc1CC1CCCN(C(=O)c2ccc3c(c2)CCCC3)C1. The number of nitrogens with two attached hydrogens (primary N) is 1. The van der Waals surface area contributed by atoms with Gasteiger partial charge in [-0.05, 0) is 74.1 Å². The number of piperidine rings is 1. The number of likely N-dealkylation sites (tertiary alicyclic amines) is 1. The van der Waals surface area contributed by atoms with Crippen molar-refractivity contribution in [2.45, 2.75) is 44.9 Å². The molecule has 5 heteroatoms. The summed E-state index contributed by atoms with van der Waals surface area (Å²) in [7, 11) is 0. The fraction of sp³-hybridized carbons (Fsp3) is 0.476. The van der Waals surface area contributed by atoms with Gasteiger partial charge in [0.1, 0.15) is 5.82 Å². The maximum absolute atomic E-state index is 13.0. The summed E-state index contributed by atoms with van der Waals surface area (Å²) in [5.74, 6) is 1.06. The van der Waals surface area contributed by atoms with E-state index in [1.54, 1.807) is 12.4 Å². The number of hydrogen-bond donors (Lipinski definition) is 1. The lowest BCUT2D eigenvalue weighted by molar-refractivity contribution is 0.0672. The number of carbonyl (C=O) groups is 1. The third kappa shape index (κ3) is 3.57. The zero-order chi connectivity index (χ0) is 17.9. The molecule has 0 spiro atoms. The minimum atomic E-state index is 0.162. The number of anilines is 1. The van der Waals surface area contributed by atoms with Crippen molar-refractivity contribution in [3.8, 4) is 0 Å². The normalized spacial score (nSPS) is 19.8. The predicted molar refractivity (Wildman–Crippen MR) is 102 cm³/mol. The van der Waals surface area contributed by atoms with E-state index in [9.17, 15) is 4.79 Å². The Morgan fingerprint density at radius 2 is 1.92 bits per heavy atom. The third-order valence-corrected chi connectivity index (χ3v) is 5.69. The van der Waals surface area contributed by atoms with Gasteiger partial charge in [-0.3, -0.25) is 9.78 Å². The zero-order valence-corrected chi connectivity index (χ0v) is 15.2. The first kappa shape index (κ1) is 17.0. The molecule has 5 nitrogen and oxygen atoms in total. The average molecular weight is 350 g/mol. The maximum atomic E-state index is 13.0. The van der Waals surface area contributed by atoms with Crippen LogP contribution in [0.3, 0.4) is 0 Å². The molecule has 136 valence electrons. The summed E-state index contributed by atoms with van der Waals surface area (Å²) in [6.45, 7) is 1.61. The summed E-state index contributed by atoms with van der Waals surface area (Å²) in [5.41, 5.74) is 10.4. The van der Waals surface area contributed by atoms with Gasteiger partial charge >= 0.3 is 0 Å². The molecule has 1 fully saturated rings. The molecule has 1 saturated heterocycles. The fourth-order valence-electron chi connectivity index (χ4n) is 4.27. The van der Waals surface area contributed by atoms with Crippen LogP contribution in [0.1, 0.15) is 52.9 Å². The summed E-state index contributed by atoms with van der Waals surface area (Å²) in [6, 6.07) is 6.29. The van der Waals surface area contributed by atoms with Gasteiger partial charge in [0, 0.05) is 31.0 Å². The van der Waals surface area contributed by atoms with E-state index in [4.69, 9.17) is 5.73 Å². The van der Waals surface area contributed by atoms with Crippen LogP contribution < -0.4 is 5.73 Å². The molecule has 26 heavy (non-hydrogen) atoms. The maximum Gasteiger partial charge on any atom is 0.253 e. The second kappa shape index (κ2) is 7.44. The molecular weight excluding hydrogens is 324 g/mol. The van der Waals surface area contributed by atoms with Crippen LogP contribution in [0, 0.1) is 5.92 Å². The number of nitrogens with zero attached hydrogens (tertiary/aromatic N) is 3. The summed E-state index contributed by atoms with van der Waals surface area (Å²) in [4.78, 5) is 23.5. The Bertz CT molecular complexity index is 804. The Hall–Kier alpha value is -2.43. The van der Waals surface area contributed by atoms with E-state index in [1.165, 1.54) is 24.0 Å². The van der Waals surface area contributed by atoms with Gasteiger partial charge in [-0.1, -0.05) is 6.07 Å². The highest BCUT2D eigenvalue weighted by molar-refractivity contribution is 5.94. The van der Waals surface area contributed by atoms with E-state index >= 15 is 0 Å². The van der Waals surface area contributed by atoms with Gasteiger partial charge in [0.25, 0.3) is 5.91 Å². The second-order valence-corrected chi connectivity index (χ2v) is 7.54. The number of benzene rings is 1. The van der Waals surface area contributed by atoms with Crippen molar-refractivity contribution in [2.75, 3.05) is 18.8 Å². The molecule has 2 aliphatic rings. The molecule has 1 aliphatic heterocycles. The Morgan fingerprint density at radius 3 is 2.77 bits per heavy atom. The van der Waals surface area contributed by atoms with Gasteiger partial charge in [0.2, 0.25) is 0 Å². The van der Waals surface area contributed by atoms with Crippen LogP contribution in [0.4, 0.5) is 5.82 Å². The smallest absolute Gasteiger partial charge is 0.253 e. The molecule has 1 aromatic heterocycles.